The zero-order valence-electron chi connectivity index (χ0n) is 8.59. The lowest BCUT2D eigenvalue weighted by Gasteiger charge is -2.06. The molecule has 0 saturated carbocycles. The summed E-state index contributed by atoms with van der Waals surface area (Å²) in [6.07, 6.45) is 1.85. The summed E-state index contributed by atoms with van der Waals surface area (Å²) in [4.78, 5) is 8.81. The number of aryl methyl sites for hydroxylation is 3. The summed E-state index contributed by atoms with van der Waals surface area (Å²) in [7, 11) is 0. The third-order valence-electron chi connectivity index (χ3n) is 2.28. The topological polar surface area (TPSA) is 51.8 Å². The van der Waals surface area contributed by atoms with Crippen LogP contribution in [0.3, 0.4) is 0 Å². The van der Waals surface area contributed by atoms with Crippen molar-refractivity contribution >= 4 is 0 Å². The van der Waals surface area contributed by atoms with E-state index in [1.165, 1.54) is 5.56 Å². The lowest BCUT2D eigenvalue weighted by atomic mass is 10.2. The summed E-state index contributed by atoms with van der Waals surface area (Å²) in [5, 5.41) is 0. The molecule has 0 amide bonds. The van der Waals surface area contributed by atoms with E-state index in [0.29, 0.717) is 6.54 Å². The first kappa shape index (κ1) is 10.1. The van der Waals surface area contributed by atoms with Crippen molar-refractivity contribution in [2.24, 2.45) is 5.73 Å². The molecule has 0 saturated heterocycles. The Bertz CT molecular complexity index is 271. The van der Waals surface area contributed by atoms with Crippen LogP contribution in [0.5, 0.6) is 0 Å². The molecule has 0 bridgehead atoms. The number of hydrogen-bond donors (Lipinski definition) is 1. The second-order valence-electron chi connectivity index (χ2n) is 3.33. The summed E-state index contributed by atoms with van der Waals surface area (Å²) in [5.74, 6) is 0.922. The van der Waals surface area contributed by atoms with Gasteiger partial charge in [0, 0.05) is 17.8 Å². The van der Waals surface area contributed by atoms with Crippen molar-refractivity contribution in [3.05, 3.63) is 22.8 Å². The molecule has 0 aliphatic heterocycles. The quantitative estimate of drug-likeness (QED) is 0.760. The number of aromatic nitrogens is 2. The Balaban J connectivity index is 2.86. The zero-order valence-corrected chi connectivity index (χ0v) is 8.59. The molecule has 0 fully saturated rings. The highest BCUT2D eigenvalue weighted by molar-refractivity contribution is 5.22. The van der Waals surface area contributed by atoms with Gasteiger partial charge in [0.1, 0.15) is 5.82 Å². The van der Waals surface area contributed by atoms with Crippen LogP contribution in [0.2, 0.25) is 0 Å². The van der Waals surface area contributed by atoms with Crippen LogP contribution in [0, 0.1) is 20.8 Å². The van der Waals surface area contributed by atoms with E-state index in [-0.39, 0.29) is 0 Å². The molecule has 1 aromatic rings. The lowest BCUT2D eigenvalue weighted by molar-refractivity contribution is 0.765. The molecule has 13 heavy (non-hydrogen) atoms. The van der Waals surface area contributed by atoms with Crippen LogP contribution < -0.4 is 5.73 Å². The fourth-order valence-corrected chi connectivity index (χ4v) is 1.21. The van der Waals surface area contributed by atoms with Gasteiger partial charge in [0.2, 0.25) is 0 Å². The molecular formula is C10H17N3. The van der Waals surface area contributed by atoms with Gasteiger partial charge in [-0.25, -0.2) is 9.97 Å². The Morgan fingerprint density at radius 2 is 1.62 bits per heavy atom. The zero-order chi connectivity index (χ0) is 9.84. The van der Waals surface area contributed by atoms with Gasteiger partial charge >= 0.3 is 0 Å². The van der Waals surface area contributed by atoms with Gasteiger partial charge in [0.15, 0.2) is 0 Å². The number of hydrogen-bond acceptors (Lipinski definition) is 3. The van der Waals surface area contributed by atoms with Gasteiger partial charge in [-0.15, -0.1) is 0 Å². The molecule has 0 atom stereocenters. The average Bonchev–Trinajstić information content (AvgIpc) is 2.10. The summed E-state index contributed by atoms with van der Waals surface area (Å²) < 4.78 is 0. The molecule has 0 radical (unpaired) electrons. The number of rotatable bonds is 3. The maximum Gasteiger partial charge on any atom is 0.128 e. The van der Waals surface area contributed by atoms with Gasteiger partial charge in [-0.3, -0.25) is 0 Å². The van der Waals surface area contributed by atoms with Crippen molar-refractivity contribution in [1.82, 2.24) is 9.97 Å². The molecule has 0 aromatic carbocycles. The Hall–Kier alpha value is -0.960. The largest absolute Gasteiger partial charge is 0.330 e. The van der Waals surface area contributed by atoms with Crippen LogP contribution in [0.25, 0.3) is 0 Å². The molecule has 1 rings (SSSR count). The standard InChI is InChI=1S/C10H17N3/c1-7-8(2)12-10(5-4-6-11)13-9(7)3/h4-6,11H2,1-3H3. The first-order valence-corrected chi connectivity index (χ1v) is 4.66. The molecule has 0 aliphatic carbocycles. The molecule has 2 N–H and O–H groups in total. The predicted molar refractivity (Wildman–Crippen MR) is 53.6 cm³/mol. The molecule has 0 aliphatic rings. The summed E-state index contributed by atoms with van der Waals surface area (Å²) >= 11 is 0. The van der Waals surface area contributed by atoms with E-state index in [0.717, 1.165) is 30.1 Å². The van der Waals surface area contributed by atoms with Crippen molar-refractivity contribution in [2.75, 3.05) is 6.54 Å². The third-order valence-corrected chi connectivity index (χ3v) is 2.28. The van der Waals surface area contributed by atoms with Crippen molar-refractivity contribution in [3.63, 3.8) is 0 Å². The van der Waals surface area contributed by atoms with Crippen molar-refractivity contribution in [2.45, 2.75) is 33.6 Å². The molecule has 3 nitrogen and oxygen atoms in total. The highest BCUT2D eigenvalue weighted by Crippen LogP contribution is 2.08. The van der Waals surface area contributed by atoms with Crippen LogP contribution in [0.1, 0.15) is 29.2 Å². The van der Waals surface area contributed by atoms with E-state index in [4.69, 9.17) is 5.73 Å². The van der Waals surface area contributed by atoms with Gasteiger partial charge in [-0.1, -0.05) is 0 Å². The lowest BCUT2D eigenvalue weighted by Crippen LogP contribution is -2.06. The monoisotopic (exact) mass is 179 g/mol. The average molecular weight is 179 g/mol. The van der Waals surface area contributed by atoms with Crippen LogP contribution in [-0.2, 0) is 6.42 Å². The Labute approximate surface area is 79.4 Å². The highest BCUT2D eigenvalue weighted by Gasteiger charge is 2.03. The van der Waals surface area contributed by atoms with Crippen LogP contribution in [0.4, 0.5) is 0 Å². The summed E-state index contributed by atoms with van der Waals surface area (Å²) in [6.45, 7) is 6.80. The molecule has 1 heterocycles. The minimum Gasteiger partial charge on any atom is -0.330 e. The Morgan fingerprint density at radius 3 is 2.08 bits per heavy atom. The fraction of sp³-hybridized carbons (Fsp3) is 0.600. The maximum absolute atomic E-state index is 5.43. The predicted octanol–water partition coefficient (Wildman–Crippen LogP) is 1.29. The van der Waals surface area contributed by atoms with Gasteiger partial charge in [0.25, 0.3) is 0 Å². The van der Waals surface area contributed by atoms with E-state index in [1.54, 1.807) is 0 Å². The van der Waals surface area contributed by atoms with E-state index < -0.39 is 0 Å². The first-order chi connectivity index (χ1) is 6.15. The van der Waals surface area contributed by atoms with Crippen LogP contribution >= 0.6 is 0 Å². The van der Waals surface area contributed by atoms with E-state index in [2.05, 4.69) is 16.9 Å². The second-order valence-corrected chi connectivity index (χ2v) is 3.33. The molecule has 3 heteroatoms. The third kappa shape index (κ3) is 2.49. The van der Waals surface area contributed by atoms with E-state index >= 15 is 0 Å². The van der Waals surface area contributed by atoms with E-state index in [1.807, 2.05) is 13.8 Å². The van der Waals surface area contributed by atoms with Gasteiger partial charge in [-0.05, 0) is 39.3 Å². The fourth-order valence-electron chi connectivity index (χ4n) is 1.21. The van der Waals surface area contributed by atoms with Crippen molar-refractivity contribution in [1.29, 1.82) is 0 Å². The maximum atomic E-state index is 5.43. The first-order valence-electron chi connectivity index (χ1n) is 4.66. The minimum absolute atomic E-state index is 0.704. The van der Waals surface area contributed by atoms with Crippen molar-refractivity contribution in [3.8, 4) is 0 Å². The summed E-state index contributed by atoms with van der Waals surface area (Å²) in [6, 6.07) is 0. The Morgan fingerprint density at radius 1 is 1.08 bits per heavy atom. The smallest absolute Gasteiger partial charge is 0.128 e. The minimum atomic E-state index is 0.704. The Kier molecular flexibility index (Phi) is 3.37. The van der Waals surface area contributed by atoms with Gasteiger partial charge in [-0.2, -0.15) is 0 Å². The van der Waals surface area contributed by atoms with Crippen LogP contribution in [-0.4, -0.2) is 16.5 Å². The molecule has 72 valence electrons. The van der Waals surface area contributed by atoms with Gasteiger partial charge in [0.05, 0.1) is 0 Å². The molecule has 1 aromatic heterocycles. The van der Waals surface area contributed by atoms with Gasteiger partial charge < -0.3 is 5.73 Å². The van der Waals surface area contributed by atoms with Crippen molar-refractivity contribution < 1.29 is 0 Å². The molecule has 0 spiro atoms. The normalized spacial score (nSPS) is 10.5. The highest BCUT2D eigenvalue weighted by atomic mass is 14.9. The van der Waals surface area contributed by atoms with E-state index in [9.17, 15) is 0 Å². The SMILES string of the molecule is Cc1nc(CCCN)nc(C)c1C. The molecule has 0 unspecified atom stereocenters. The summed E-state index contributed by atoms with van der Waals surface area (Å²) in [5.41, 5.74) is 8.78. The molecular weight excluding hydrogens is 162 g/mol. The second kappa shape index (κ2) is 4.33. The number of nitrogens with zero attached hydrogens (tertiary/aromatic N) is 2. The van der Waals surface area contributed by atoms with Crippen LogP contribution in [0.15, 0.2) is 0 Å². The number of nitrogens with two attached hydrogens (primary N) is 1.